The van der Waals surface area contributed by atoms with Crippen LogP contribution in [0.1, 0.15) is 5.56 Å². The number of hydrogen-bond donors (Lipinski definition) is 4. The van der Waals surface area contributed by atoms with E-state index in [1.165, 1.54) is 33.7 Å². The Hall–Kier alpha value is -3.35. The molecule has 0 radical (unpaired) electrons. The molecule has 5 unspecified atom stereocenters. The maximum absolute atomic E-state index is 13.7. The van der Waals surface area contributed by atoms with Crippen LogP contribution >= 0.6 is 0 Å². The molecule has 0 spiro atoms. The lowest BCUT2D eigenvalue weighted by Gasteiger charge is -2.39. The van der Waals surface area contributed by atoms with Gasteiger partial charge in [0.1, 0.15) is 53.1 Å². The molecule has 3 aromatic rings. The number of hydrogen-bond acceptors (Lipinski definition) is 11. The molecule has 36 heavy (non-hydrogen) atoms. The van der Waals surface area contributed by atoms with Gasteiger partial charge in [-0.2, -0.15) is 0 Å². The van der Waals surface area contributed by atoms with Crippen molar-refractivity contribution in [2.45, 2.75) is 37.6 Å². The first-order valence-corrected chi connectivity index (χ1v) is 11.1. The molecule has 1 aliphatic heterocycles. The van der Waals surface area contributed by atoms with Gasteiger partial charge in [0.05, 0.1) is 33.5 Å². The molecule has 1 saturated heterocycles. The molecular formula is C25H28O11. The van der Waals surface area contributed by atoms with Crippen molar-refractivity contribution in [3.8, 4) is 34.1 Å². The van der Waals surface area contributed by atoms with E-state index in [9.17, 15) is 25.2 Å². The fourth-order valence-electron chi connectivity index (χ4n) is 4.18. The lowest BCUT2D eigenvalue weighted by atomic mass is 9.99. The van der Waals surface area contributed by atoms with E-state index in [1.54, 1.807) is 25.1 Å². The van der Waals surface area contributed by atoms with Gasteiger partial charge in [-0.25, -0.2) is 0 Å². The third-order valence-corrected chi connectivity index (χ3v) is 6.22. The minimum Gasteiger partial charge on any atom is -0.496 e. The maximum Gasteiger partial charge on any atom is 0.229 e. The van der Waals surface area contributed by atoms with Crippen molar-refractivity contribution < 1.29 is 48.5 Å². The Morgan fingerprint density at radius 1 is 0.889 bits per heavy atom. The number of ether oxygens (including phenoxy) is 5. The van der Waals surface area contributed by atoms with Gasteiger partial charge in [-0.05, 0) is 24.6 Å². The molecule has 1 fully saturated rings. The highest BCUT2D eigenvalue weighted by Crippen LogP contribution is 2.38. The third-order valence-electron chi connectivity index (χ3n) is 6.22. The second-order valence-electron chi connectivity index (χ2n) is 8.27. The maximum atomic E-state index is 13.7. The molecule has 2 heterocycles. The zero-order chi connectivity index (χ0) is 26.1. The van der Waals surface area contributed by atoms with E-state index in [4.69, 9.17) is 28.1 Å². The topological polar surface area (TPSA) is 157 Å². The summed E-state index contributed by atoms with van der Waals surface area (Å²) in [6.45, 7) is 1.08. The van der Waals surface area contributed by atoms with Crippen LogP contribution in [0.2, 0.25) is 0 Å². The van der Waals surface area contributed by atoms with Gasteiger partial charge in [0.15, 0.2) is 11.5 Å². The Morgan fingerprint density at radius 3 is 2.22 bits per heavy atom. The highest BCUT2D eigenvalue weighted by molar-refractivity contribution is 5.91. The number of methoxy groups -OCH3 is 3. The molecule has 194 valence electrons. The van der Waals surface area contributed by atoms with Crippen LogP contribution in [0.15, 0.2) is 39.7 Å². The molecule has 1 aromatic heterocycles. The molecule has 0 amide bonds. The van der Waals surface area contributed by atoms with Crippen molar-refractivity contribution in [1.82, 2.24) is 0 Å². The summed E-state index contributed by atoms with van der Waals surface area (Å²) in [7, 11) is 4.41. The minimum absolute atomic E-state index is 0.0394. The number of aliphatic hydroxyl groups excluding tert-OH is 4. The van der Waals surface area contributed by atoms with Gasteiger partial charge in [-0.15, -0.1) is 0 Å². The smallest absolute Gasteiger partial charge is 0.229 e. The lowest BCUT2D eigenvalue weighted by Crippen LogP contribution is -2.60. The first-order valence-electron chi connectivity index (χ1n) is 11.1. The Labute approximate surface area is 206 Å². The Balaban J connectivity index is 1.87. The number of aryl methyl sites for hydroxylation is 1. The van der Waals surface area contributed by atoms with Gasteiger partial charge in [-0.3, -0.25) is 4.79 Å². The monoisotopic (exact) mass is 504 g/mol. The van der Waals surface area contributed by atoms with Crippen LogP contribution in [0.3, 0.4) is 0 Å². The van der Waals surface area contributed by atoms with Crippen molar-refractivity contribution in [2.75, 3.05) is 27.9 Å². The Bertz CT molecular complexity index is 1300. The Morgan fingerprint density at radius 2 is 1.58 bits per heavy atom. The van der Waals surface area contributed by atoms with E-state index in [2.05, 4.69) is 0 Å². The molecule has 1 aliphatic rings. The third kappa shape index (κ3) is 4.36. The van der Waals surface area contributed by atoms with Crippen LogP contribution in [0.5, 0.6) is 23.0 Å². The van der Waals surface area contributed by atoms with Gasteiger partial charge in [0, 0.05) is 11.6 Å². The van der Waals surface area contributed by atoms with E-state index in [0.717, 1.165) is 0 Å². The van der Waals surface area contributed by atoms with Gasteiger partial charge >= 0.3 is 0 Å². The van der Waals surface area contributed by atoms with E-state index < -0.39 is 42.7 Å². The largest absolute Gasteiger partial charge is 0.496 e. The highest BCUT2D eigenvalue weighted by Gasteiger charge is 2.45. The Kier molecular flexibility index (Phi) is 7.38. The molecule has 5 atom stereocenters. The first kappa shape index (κ1) is 25.7. The molecule has 11 heteroatoms. The first-order chi connectivity index (χ1) is 17.2. The second-order valence-corrected chi connectivity index (χ2v) is 8.27. The summed E-state index contributed by atoms with van der Waals surface area (Å²) >= 11 is 0. The summed E-state index contributed by atoms with van der Waals surface area (Å²) in [6.07, 6.45) is -6.28. The summed E-state index contributed by atoms with van der Waals surface area (Å²) in [5.74, 6) is 1.19. The number of fused-ring (bicyclic) bond motifs is 1. The predicted octanol–water partition coefficient (Wildman–Crippen LogP) is 0.973. The van der Waals surface area contributed by atoms with Gasteiger partial charge in [-0.1, -0.05) is 6.07 Å². The second kappa shape index (κ2) is 10.3. The van der Waals surface area contributed by atoms with E-state index >= 15 is 0 Å². The van der Waals surface area contributed by atoms with Crippen LogP contribution in [0, 0.1) is 6.92 Å². The van der Waals surface area contributed by atoms with Crippen LogP contribution in [-0.2, 0) is 4.74 Å². The predicted molar refractivity (Wildman–Crippen MR) is 127 cm³/mol. The molecule has 4 N–H and O–H groups in total. The molecule has 0 bridgehead atoms. The van der Waals surface area contributed by atoms with Gasteiger partial charge in [0.25, 0.3) is 0 Å². The number of rotatable bonds is 7. The molecule has 0 aliphatic carbocycles. The van der Waals surface area contributed by atoms with E-state index in [0.29, 0.717) is 28.4 Å². The van der Waals surface area contributed by atoms with Crippen LogP contribution in [-0.4, -0.2) is 79.1 Å². The molecule has 2 aromatic carbocycles. The number of aliphatic hydroxyl groups is 4. The normalized spacial score (nSPS) is 23.9. The average Bonchev–Trinajstić information content (AvgIpc) is 2.89. The number of benzene rings is 2. The van der Waals surface area contributed by atoms with Crippen molar-refractivity contribution in [1.29, 1.82) is 0 Å². The quantitative estimate of drug-likeness (QED) is 0.363. The minimum atomic E-state index is -1.67. The standard InChI is InChI=1S/C25H28O11/c1-11-15(32-3)8-17(35-25-23(30)22(29)21(28)18(9-26)36-25)19-20(27)13(10-34-24(11)19)12-5-6-14(31-2)16(7-12)33-4/h5-8,10,18,21-23,25-26,28-30H,9H2,1-4H3. The fourth-order valence-corrected chi connectivity index (χ4v) is 4.18. The van der Waals surface area contributed by atoms with E-state index in [1.807, 2.05) is 0 Å². The lowest BCUT2D eigenvalue weighted by molar-refractivity contribution is -0.277. The van der Waals surface area contributed by atoms with Gasteiger partial charge in [0.2, 0.25) is 11.7 Å². The molecular weight excluding hydrogens is 476 g/mol. The van der Waals surface area contributed by atoms with Crippen LogP contribution in [0.4, 0.5) is 0 Å². The summed E-state index contributed by atoms with van der Waals surface area (Å²) in [5.41, 5.74) is 0.962. The molecule has 4 rings (SSSR count). The summed E-state index contributed by atoms with van der Waals surface area (Å²) in [4.78, 5) is 13.7. The van der Waals surface area contributed by atoms with Crippen molar-refractivity contribution in [3.05, 3.63) is 46.3 Å². The highest BCUT2D eigenvalue weighted by atomic mass is 16.7. The summed E-state index contributed by atoms with van der Waals surface area (Å²) in [5, 5.41) is 40.2. The van der Waals surface area contributed by atoms with Crippen molar-refractivity contribution in [2.24, 2.45) is 0 Å². The van der Waals surface area contributed by atoms with Crippen molar-refractivity contribution >= 4 is 11.0 Å². The van der Waals surface area contributed by atoms with Crippen LogP contribution in [0.25, 0.3) is 22.1 Å². The summed E-state index contributed by atoms with van der Waals surface area (Å²) < 4.78 is 33.2. The SMILES string of the molecule is COc1ccc(-c2coc3c(C)c(OC)cc(OC4OC(CO)C(O)C(O)C4O)c3c2=O)cc1OC. The fraction of sp³-hybridized carbons (Fsp3) is 0.400. The van der Waals surface area contributed by atoms with Crippen molar-refractivity contribution in [3.63, 3.8) is 0 Å². The zero-order valence-electron chi connectivity index (χ0n) is 20.1. The summed E-state index contributed by atoms with van der Waals surface area (Å²) in [6, 6.07) is 6.40. The zero-order valence-corrected chi connectivity index (χ0v) is 20.1. The van der Waals surface area contributed by atoms with E-state index in [-0.39, 0.29) is 22.3 Å². The van der Waals surface area contributed by atoms with Crippen LogP contribution < -0.4 is 24.4 Å². The molecule has 0 saturated carbocycles. The molecule has 11 nitrogen and oxygen atoms in total. The van der Waals surface area contributed by atoms with Gasteiger partial charge < -0.3 is 48.5 Å². The average molecular weight is 504 g/mol.